The summed E-state index contributed by atoms with van der Waals surface area (Å²) in [7, 11) is 0. The number of thiazole rings is 1. The van der Waals surface area contributed by atoms with Crippen LogP contribution in [-0.2, 0) is 6.54 Å². The van der Waals surface area contributed by atoms with Gasteiger partial charge < -0.3 is 5.32 Å². The Bertz CT molecular complexity index is 679. The number of nitrogens with zero attached hydrogens (tertiary/aromatic N) is 3. The van der Waals surface area contributed by atoms with Crippen molar-refractivity contribution in [1.29, 1.82) is 0 Å². The number of hydrogen-bond acceptors (Lipinski definition) is 5. The van der Waals surface area contributed by atoms with Gasteiger partial charge in [0.05, 0.1) is 28.6 Å². The lowest BCUT2D eigenvalue weighted by Crippen LogP contribution is -2.23. The molecule has 7 heteroatoms. The van der Waals surface area contributed by atoms with Gasteiger partial charge in [-0.2, -0.15) is 5.10 Å². The Kier molecular flexibility index (Phi) is 4.45. The summed E-state index contributed by atoms with van der Waals surface area (Å²) in [6.07, 6.45) is 1.59. The van der Waals surface area contributed by atoms with Crippen molar-refractivity contribution >= 4 is 28.6 Å². The maximum atomic E-state index is 11.9. The van der Waals surface area contributed by atoms with Crippen LogP contribution in [0, 0.1) is 13.8 Å². The summed E-state index contributed by atoms with van der Waals surface area (Å²) in [5.74, 6) is 0. The molecular weight excluding hydrogens is 296 g/mol. The molecule has 2 aromatic rings. The van der Waals surface area contributed by atoms with Gasteiger partial charge in [-0.15, -0.1) is 11.3 Å². The molecule has 20 heavy (non-hydrogen) atoms. The first-order valence-corrected chi connectivity index (χ1v) is 7.59. The van der Waals surface area contributed by atoms with Gasteiger partial charge >= 0.3 is 0 Å². The maximum absolute atomic E-state index is 11.9. The molecule has 1 atom stereocenters. The van der Waals surface area contributed by atoms with E-state index >= 15 is 0 Å². The summed E-state index contributed by atoms with van der Waals surface area (Å²) < 4.78 is 1.33. The molecule has 0 radical (unpaired) electrons. The van der Waals surface area contributed by atoms with Gasteiger partial charge in [-0.3, -0.25) is 4.79 Å². The van der Waals surface area contributed by atoms with Crippen molar-refractivity contribution in [2.75, 3.05) is 5.32 Å². The largest absolute Gasteiger partial charge is 0.375 e. The van der Waals surface area contributed by atoms with Crippen LogP contribution in [0.2, 0.25) is 5.02 Å². The zero-order valence-electron chi connectivity index (χ0n) is 11.9. The molecule has 2 aromatic heterocycles. The molecule has 0 saturated carbocycles. The Morgan fingerprint density at radius 1 is 1.50 bits per heavy atom. The number of aromatic nitrogens is 3. The van der Waals surface area contributed by atoms with E-state index in [0.29, 0.717) is 12.2 Å². The van der Waals surface area contributed by atoms with Gasteiger partial charge in [0.15, 0.2) is 0 Å². The second kappa shape index (κ2) is 5.93. The minimum atomic E-state index is -0.274. The average molecular weight is 313 g/mol. The average Bonchev–Trinajstić information content (AvgIpc) is 2.74. The van der Waals surface area contributed by atoms with Crippen LogP contribution in [0.4, 0.5) is 5.69 Å². The number of rotatable bonds is 4. The van der Waals surface area contributed by atoms with Gasteiger partial charge in [-0.05, 0) is 27.7 Å². The Hall–Kier alpha value is -1.40. The number of hydrogen-bond donors (Lipinski definition) is 1. The van der Waals surface area contributed by atoms with Gasteiger partial charge in [0.2, 0.25) is 0 Å². The van der Waals surface area contributed by atoms with Crippen LogP contribution in [0.1, 0.15) is 35.5 Å². The minimum Gasteiger partial charge on any atom is -0.375 e. The molecular formula is C13H17ClN4OS. The first-order chi connectivity index (χ1) is 9.43. The molecule has 0 aliphatic rings. The third-order valence-electron chi connectivity index (χ3n) is 2.99. The van der Waals surface area contributed by atoms with E-state index in [1.165, 1.54) is 4.68 Å². The van der Waals surface area contributed by atoms with Crippen LogP contribution in [0.3, 0.4) is 0 Å². The van der Waals surface area contributed by atoms with Crippen molar-refractivity contribution in [3.05, 3.63) is 37.2 Å². The van der Waals surface area contributed by atoms with E-state index in [-0.39, 0.29) is 16.6 Å². The molecule has 0 bridgehead atoms. The van der Waals surface area contributed by atoms with E-state index in [4.69, 9.17) is 11.6 Å². The minimum absolute atomic E-state index is 0.0253. The fourth-order valence-corrected chi connectivity index (χ4v) is 3.17. The summed E-state index contributed by atoms with van der Waals surface area (Å²) in [5.41, 5.74) is 1.28. The fraction of sp³-hybridized carbons (Fsp3) is 0.462. The molecule has 1 unspecified atom stereocenters. The van der Waals surface area contributed by atoms with Crippen LogP contribution in [0.15, 0.2) is 11.0 Å². The number of anilines is 1. The predicted molar refractivity (Wildman–Crippen MR) is 82.8 cm³/mol. The summed E-state index contributed by atoms with van der Waals surface area (Å²) in [6.45, 7) is 8.32. The Balaban J connectivity index is 2.29. The van der Waals surface area contributed by atoms with E-state index < -0.39 is 0 Å². The highest BCUT2D eigenvalue weighted by Crippen LogP contribution is 2.28. The highest BCUT2D eigenvalue weighted by molar-refractivity contribution is 7.11. The van der Waals surface area contributed by atoms with Crippen LogP contribution >= 0.6 is 22.9 Å². The molecule has 5 nitrogen and oxygen atoms in total. The second-order valence-corrected chi connectivity index (χ2v) is 6.15. The second-order valence-electron chi connectivity index (χ2n) is 4.54. The molecule has 2 heterocycles. The summed E-state index contributed by atoms with van der Waals surface area (Å²) in [4.78, 5) is 17.5. The van der Waals surface area contributed by atoms with Crippen LogP contribution in [-0.4, -0.2) is 14.8 Å². The predicted octanol–water partition coefficient (Wildman–Crippen LogP) is 3.16. The van der Waals surface area contributed by atoms with Crippen molar-refractivity contribution < 1.29 is 0 Å². The summed E-state index contributed by atoms with van der Waals surface area (Å²) in [5, 5.41) is 8.51. The van der Waals surface area contributed by atoms with Crippen LogP contribution in [0.25, 0.3) is 0 Å². The smallest absolute Gasteiger partial charge is 0.287 e. The topological polar surface area (TPSA) is 59.8 Å². The monoisotopic (exact) mass is 312 g/mol. The molecule has 0 aliphatic heterocycles. The lowest BCUT2D eigenvalue weighted by Gasteiger charge is -2.15. The van der Waals surface area contributed by atoms with Crippen molar-refractivity contribution in [2.24, 2.45) is 0 Å². The van der Waals surface area contributed by atoms with E-state index in [0.717, 1.165) is 15.6 Å². The summed E-state index contributed by atoms with van der Waals surface area (Å²) in [6, 6.07) is 0.0253. The lowest BCUT2D eigenvalue weighted by molar-refractivity contribution is 0.615. The molecule has 0 spiro atoms. The quantitative estimate of drug-likeness (QED) is 0.942. The zero-order valence-corrected chi connectivity index (χ0v) is 13.5. The molecule has 0 aliphatic carbocycles. The van der Waals surface area contributed by atoms with Crippen LogP contribution < -0.4 is 10.9 Å². The standard InChI is InChI=1S/C13H17ClN4OS/c1-5-18-13(19)11(14)10(6-15-18)17-8(3)12-7(2)16-9(4)20-12/h6,8,17H,5H2,1-4H3. The highest BCUT2D eigenvalue weighted by Gasteiger charge is 2.16. The molecule has 0 saturated heterocycles. The SMILES string of the molecule is CCn1ncc(NC(C)c2sc(C)nc2C)c(Cl)c1=O. The zero-order chi connectivity index (χ0) is 14.9. The van der Waals surface area contributed by atoms with Crippen molar-refractivity contribution in [2.45, 2.75) is 40.3 Å². The Labute approximate surface area is 126 Å². The van der Waals surface area contributed by atoms with E-state index in [9.17, 15) is 4.79 Å². The Morgan fingerprint density at radius 2 is 2.20 bits per heavy atom. The number of halogens is 1. The van der Waals surface area contributed by atoms with Gasteiger partial charge in [0, 0.05) is 11.4 Å². The number of aryl methyl sites for hydroxylation is 3. The molecule has 108 valence electrons. The molecule has 0 fully saturated rings. The number of nitrogens with one attached hydrogen (secondary N) is 1. The first kappa shape index (κ1) is 15.0. The highest BCUT2D eigenvalue weighted by atomic mass is 35.5. The normalized spacial score (nSPS) is 12.4. The third-order valence-corrected chi connectivity index (χ3v) is 4.61. The molecule has 0 aromatic carbocycles. The maximum Gasteiger partial charge on any atom is 0.287 e. The van der Waals surface area contributed by atoms with Gasteiger partial charge in [-0.1, -0.05) is 11.6 Å². The fourth-order valence-electron chi connectivity index (χ4n) is 2.04. The molecule has 1 N–H and O–H groups in total. The molecule has 0 amide bonds. The first-order valence-electron chi connectivity index (χ1n) is 6.40. The summed E-state index contributed by atoms with van der Waals surface area (Å²) >= 11 is 7.74. The van der Waals surface area contributed by atoms with Crippen molar-refractivity contribution in [1.82, 2.24) is 14.8 Å². The molecule has 2 rings (SSSR count). The van der Waals surface area contributed by atoms with E-state index in [1.54, 1.807) is 17.5 Å². The lowest BCUT2D eigenvalue weighted by atomic mass is 10.2. The van der Waals surface area contributed by atoms with Crippen molar-refractivity contribution in [3.8, 4) is 0 Å². The third kappa shape index (κ3) is 2.86. The van der Waals surface area contributed by atoms with Crippen LogP contribution in [0.5, 0.6) is 0 Å². The van der Waals surface area contributed by atoms with Gasteiger partial charge in [0.25, 0.3) is 5.56 Å². The van der Waals surface area contributed by atoms with Crippen molar-refractivity contribution in [3.63, 3.8) is 0 Å². The van der Waals surface area contributed by atoms with Gasteiger partial charge in [-0.25, -0.2) is 9.67 Å². The Morgan fingerprint density at radius 3 is 2.75 bits per heavy atom. The van der Waals surface area contributed by atoms with E-state index in [1.807, 2.05) is 27.7 Å². The van der Waals surface area contributed by atoms with Gasteiger partial charge in [0.1, 0.15) is 5.02 Å². The van der Waals surface area contributed by atoms with E-state index in [2.05, 4.69) is 15.4 Å².